The van der Waals surface area contributed by atoms with Crippen LogP contribution < -0.4 is 5.73 Å². The van der Waals surface area contributed by atoms with Gasteiger partial charge in [0.15, 0.2) is 0 Å². The van der Waals surface area contributed by atoms with Crippen LogP contribution in [-0.2, 0) is 0 Å². The van der Waals surface area contributed by atoms with Gasteiger partial charge in [0.1, 0.15) is 11.5 Å². The van der Waals surface area contributed by atoms with Crippen molar-refractivity contribution in [2.45, 2.75) is 59.2 Å². The number of nitrogens with zero attached hydrogens (tertiary/aromatic N) is 1. The number of furan rings is 1. The van der Waals surface area contributed by atoms with Gasteiger partial charge in [-0.1, -0.05) is 6.92 Å². The van der Waals surface area contributed by atoms with E-state index in [2.05, 4.69) is 38.7 Å². The molecule has 1 aromatic rings. The zero-order valence-electron chi connectivity index (χ0n) is 12.2. The molecule has 0 aromatic carbocycles. The van der Waals surface area contributed by atoms with E-state index in [1.165, 1.54) is 5.56 Å². The number of likely N-dealkylation sites (tertiary alicyclic amines) is 1. The largest absolute Gasteiger partial charge is 0.466 e. The van der Waals surface area contributed by atoms with Gasteiger partial charge in [-0.15, -0.1) is 0 Å². The minimum atomic E-state index is 0.343. The molecule has 0 saturated carbocycles. The molecule has 1 fully saturated rings. The van der Waals surface area contributed by atoms with Crippen LogP contribution in [0.15, 0.2) is 10.5 Å². The normalized spacial score (nSPS) is 31.6. The number of hydrogen-bond donors (Lipinski definition) is 1. The van der Waals surface area contributed by atoms with Crippen LogP contribution in [0.2, 0.25) is 0 Å². The predicted octanol–water partition coefficient (Wildman–Crippen LogP) is 3.02. The SMILES string of the molecule is Cc1cc(C(C)N2CCC(N)C(C)C2C)c(C)o1. The van der Waals surface area contributed by atoms with Crippen LogP contribution >= 0.6 is 0 Å². The fourth-order valence-corrected chi connectivity index (χ4v) is 3.21. The number of rotatable bonds is 2. The molecule has 1 aliphatic heterocycles. The summed E-state index contributed by atoms with van der Waals surface area (Å²) in [7, 11) is 0. The van der Waals surface area contributed by atoms with Gasteiger partial charge in [-0.25, -0.2) is 0 Å². The van der Waals surface area contributed by atoms with Gasteiger partial charge in [0.25, 0.3) is 0 Å². The molecule has 0 aliphatic carbocycles. The molecule has 2 N–H and O–H groups in total. The van der Waals surface area contributed by atoms with Crippen molar-refractivity contribution in [3.8, 4) is 0 Å². The molecule has 102 valence electrons. The Balaban J connectivity index is 2.18. The summed E-state index contributed by atoms with van der Waals surface area (Å²) in [5.74, 6) is 2.60. The summed E-state index contributed by atoms with van der Waals surface area (Å²) in [5.41, 5.74) is 7.48. The van der Waals surface area contributed by atoms with E-state index in [-0.39, 0.29) is 0 Å². The lowest BCUT2D eigenvalue weighted by molar-refractivity contribution is 0.0621. The van der Waals surface area contributed by atoms with Crippen LogP contribution in [0.1, 0.15) is 50.3 Å². The molecular weight excluding hydrogens is 224 g/mol. The van der Waals surface area contributed by atoms with Crippen molar-refractivity contribution < 1.29 is 4.42 Å². The van der Waals surface area contributed by atoms with E-state index in [4.69, 9.17) is 10.2 Å². The van der Waals surface area contributed by atoms with Crippen molar-refractivity contribution in [2.75, 3.05) is 6.54 Å². The zero-order chi connectivity index (χ0) is 13.4. The maximum Gasteiger partial charge on any atom is 0.105 e. The van der Waals surface area contributed by atoms with Crippen LogP contribution in [-0.4, -0.2) is 23.5 Å². The lowest BCUT2D eigenvalue weighted by atomic mass is 9.86. The first-order chi connectivity index (χ1) is 8.41. The Hall–Kier alpha value is -0.800. The minimum Gasteiger partial charge on any atom is -0.466 e. The summed E-state index contributed by atoms with van der Waals surface area (Å²) in [6.07, 6.45) is 1.09. The first-order valence-corrected chi connectivity index (χ1v) is 7.00. The Bertz CT molecular complexity index is 413. The molecule has 1 saturated heterocycles. The molecule has 1 aliphatic rings. The van der Waals surface area contributed by atoms with Crippen molar-refractivity contribution in [1.29, 1.82) is 0 Å². The first-order valence-electron chi connectivity index (χ1n) is 7.00. The summed E-state index contributed by atoms with van der Waals surface area (Å²) in [5, 5.41) is 0. The molecule has 3 heteroatoms. The molecule has 2 rings (SSSR count). The van der Waals surface area contributed by atoms with Crippen molar-refractivity contribution >= 4 is 0 Å². The lowest BCUT2D eigenvalue weighted by Gasteiger charge is -2.44. The highest BCUT2D eigenvalue weighted by Gasteiger charge is 2.34. The van der Waals surface area contributed by atoms with Crippen LogP contribution in [0.4, 0.5) is 0 Å². The Morgan fingerprint density at radius 1 is 1.39 bits per heavy atom. The molecule has 4 unspecified atom stereocenters. The number of nitrogens with two attached hydrogens (primary N) is 1. The predicted molar refractivity (Wildman–Crippen MR) is 74.5 cm³/mol. The van der Waals surface area contributed by atoms with E-state index < -0.39 is 0 Å². The van der Waals surface area contributed by atoms with Gasteiger partial charge < -0.3 is 10.2 Å². The highest BCUT2D eigenvalue weighted by atomic mass is 16.3. The molecule has 4 atom stereocenters. The third-order valence-corrected chi connectivity index (χ3v) is 4.71. The van der Waals surface area contributed by atoms with Crippen molar-refractivity contribution in [1.82, 2.24) is 4.90 Å². The average molecular weight is 250 g/mol. The zero-order valence-corrected chi connectivity index (χ0v) is 12.2. The van der Waals surface area contributed by atoms with Crippen molar-refractivity contribution in [2.24, 2.45) is 11.7 Å². The number of hydrogen-bond acceptors (Lipinski definition) is 3. The van der Waals surface area contributed by atoms with Crippen LogP contribution in [0.25, 0.3) is 0 Å². The summed E-state index contributed by atoms with van der Waals surface area (Å²) in [6, 6.07) is 3.45. The van der Waals surface area contributed by atoms with E-state index in [1.807, 2.05) is 6.92 Å². The Labute approximate surface area is 110 Å². The molecule has 0 bridgehead atoms. The van der Waals surface area contributed by atoms with Gasteiger partial charge in [0.05, 0.1) is 0 Å². The second kappa shape index (κ2) is 5.06. The molecule has 3 nitrogen and oxygen atoms in total. The molecule has 0 amide bonds. The summed E-state index contributed by atoms with van der Waals surface area (Å²) in [6.45, 7) is 12.0. The molecular formula is C15H26N2O. The van der Waals surface area contributed by atoms with E-state index in [9.17, 15) is 0 Å². The van der Waals surface area contributed by atoms with Crippen LogP contribution in [0.3, 0.4) is 0 Å². The van der Waals surface area contributed by atoms with Crippen LogP contribution in [0, 0.1) is 19.8 Å². The topological polar surface area (TPSA) is 42.4 Å². The van der Waals surface area contributed by atoms with E-state index in [1.54, 1.807) is 0 Å². The van der Waals surface area contributed by atoms with Gasteiger partial charge >= 0.3 is 0 Å². The third kappa shape index (κ3) is 2.34. The summed E-state index contributed by atoms with van der Waals surface area (Å²) < 4.78 is 5.66. The third-order valence-electron chi connectivity index (χ3n) is 4.71. The second-order valence-corrected chi connectivity index (χ2v) is 5.83. The quantitative estimate of drug-likeness (QED) is 0.877. The van der Waals surface area contributed by atoms with E-state index in [0.717, 1.165) is 24.5 Å². The molecule has 18 heavy (non-hydrogen) atoms. The minimum absolute atomic E-state index is 0.343. The highest BCUT2D eigenvalue weighted by Crippen LogP contribution is 2.33. The molecule has 0 radical (unpaired) electrons. The maximum absolute atomic E-state index is 6.16. The average Bonchev–Trinajstić information content (AvgIpc) is 2.65. The summed E-state index contributed by atoms with van der Waals surface area (Å²) >= 11 is 0. The van der Waals surface area contributed by atoms with E-state index in [0.29, 0.717) is 24.0 Å². The monoisotopic (exact) mass is 250 g/mol. The molecule has 0 spiro atoms. The Morgan fingerprint density at radius 3 is 2.61 bits per heavy atom. The molecule has 1 aromatic heterocycles. The smallest absolute Gasteiger partial charge is 0.105 e. The maximum atomic E-state index is 6.16. The lowest BCUT2D eigenvalue weighted by Crippen LogP contribution is -2.52. The Kier molecular flexibility index (Phi) is 3.83. The standard InChI is InChI=1S/C15H26N2O/c1-9-8-14(13(5)18-9)12(4)17-7-6-15(16)10(2)11(17)3/h8,10-12,15H,6-7,16H2,1-5H3. The number of piperidine rings is 1. The van der Waals surface area contributed by atoms with Gasteiger partial charge in [-0.05, 0) is 46.1 Å². The van der Waals surface area contributed by atoms with Gasteiger partial charge in [-0.2, -0.15) is 0 Å². The van der Waals surface area contributed by atoms with Gasteiger partial charge in [-0.3, -0.25) is 4.90 Å². The number of aryl methyl sites for hydroxylation is 2. The van der Waals surface area contributed by atoms with Gasteiger partial charge in [0.2, 0.25) is 0 Å². The van der Waals surface area contributed by atoms with E-state index >= 15 is 0 Å². The van der Waals surface area contributed by atoms with Gasteiger partial charge in [0, 0.05) is 30.2 Å². The van der Waals surface area contributed by atoms with Crippen LogP contribution in [0.5, 0.6) is 0 Å². The highest BCUT2D eigenvalue weighted by molar-refractivity contribution is 5.24. The summed E-state index contributed by atoms with van der Waals surface area (Å²) in [4.78, 5) is 2.56. The fraction of sp³-hybridized carbons (Fsp3) is 0.733. The molecule has 2 heterocycles. The van der Waals surface area contributed by atoms with Crippen molar-refractivity contribution in [3.05, 3.63) is 23.2 Å². The van der Waals surface area contributed by atoms with Crippen molar-refractivity contribution in [3.63, 3.8) is 0 Å². The second-order valence-electron chi connectivity index (χ2n) is 5.83. The first kappa shape index (κ1) is 13.6. The Morgan fingerprint density at radius 2 is 2.06 bits per heavy atom. The fourth-order valence-electron chi connectivity index (χ4n) is 3.21.